The van der Waals surface area contributed by atoms with Crippen LogP contribution in [0.3, 0.4) is 0 Å². The Labute approximate surface area is 104 Å². The minimum atomic E-state index is 0.605. The van der Waals surface area contributed by atoms with Gasteiger partial charge in [0.05, 0.1) is 0 Å². The lowest BCUT2D eigenvalue weighted by Gasteiger charge is -2.33. The summed E-state index contributed by atoms with van der Waals surface area (Å²) in [6.07, 6.45) is 6.54. The van der Waals surface area contributed by atoms with Gasteiger partial charge in [-0.15, -0.1) is 0 Å². The lowest BCUT2D eigenvalue weighted by atomic mass is 10.1. The average molecular weight is 236 g/mol. The largest absolute Gasteiger partial charge is 0.341 e. The van der Waals surface area contributed by atoms with E-state index in [1.807, 2.05) is 6.20 Å². The Bertz CT molecular complexity index is 345. The molecule has 1 unspecified atom stereocenters. The normalized spacial score (nSPS) is 21.2. The first-order valence-corrected chi connectivity index (χ1v) is 6.64. The summed E-state index contributed by atoms with van der Waals surface area (Å²) in [4.78, 5) is 6.93. The zero-order valence-electron chi connectivity index (χ0n) is 11.2. The number of anilines is 1. The van der Waals surface area contributed by atoms with E-state index in [1.165, 1.54) is 12.8 Å². The summed E-state index contributed by atoms with van der Waals surface area (Å²) in [5, 5.41) is 3.38. The first-order valence-electron chi connectivity index (χ1n) is 6.64. The summed E-state index contributed by atoms with van der Waals surface area (Å²) in [5.41, 5.74) is 0. The molecule has 0 saturated carbocycles. The Hall–Kier alpha value is -1.03. The van der Waals surface area contributed by atoms with Crippen LogP contribution in [0.25, 0.3) is 0 Å². The maximum absolute atomic E-state index is 4.52. The van der Waals surface area contributed by atoms with Crippen LogP contribution < -0.4 is 10.2 Å². The van der Waals surface area contributed by atoms with Gasteiger partial charge in [0.2, 0.25) is 5.95 Å². The first kappa shape index (κ1) is 12.4. The van der Waals surface area contributed by atoms with Gasteiger partial charge in [-0.2, -0.15) is 0 Å². The molecule has 0 radical (unpaired) electrons. The SMILES string of the molecule is CNC1CCCN(c2nccn2CC(C)C)C1. The predicted molar refractivity (Wildman–Crippen MR) is 71.4 cm³/mol. The van der Waals surface area contributed by atoms with E-state index in [1.54, 1.807) is 0 Å². The van der Waals surface area contributed by atoms with Crippen LogP contribution in [0.5, 0.6) is 0 Å². The molecule has 0 aliphatic carbocycles. The number of imidazole rings is 1. The van der Waals surface area contributed by atoms with E-state index in [9.17, 15) is 0 Å². The topological polar surface area (TPSA) is 33.1 Å². The van der Waals surface area contributed by atoms with Crippen LogP contribution in [0.4, 0.5) is 5.95 Å². The van der Waals surface area contributed by atoms with Crippen molar-refractivity contribution >= 4 is 5.95 Å². The number of hydrogen-bond donors (Lipinski definition) is 1. The molecule has 1 atom stereocenters. The summed E-state index contributed by atoms with van der Waals surface area (Å²) in [6, 6.07) is 0.605. The van der Waals surface area contributed by atoms with Crippen LogP contribution in [0.1, 0.15) is 26.7 Å². The number of likely N-dealkylation sites (N-methyl/N-ethyl adjacent to an activating group) is 1. The van der Waals surface area contributed by atoms with Crippen molar-refractivity contribution < 1.29 is 0 Å². The van der Waals surface area contributed by atoms with Gasteiger partial charge in [-0.1, -0.05) is 13.8 Å². The molecule has 96 valence electrons. The number of hydrogen-bond acceptors (Lipinski definition) is 3. The molecule has 1 saturated heterocycles. The molecule has 1 N–H and O–H groups in total. The highest BCUT2D eigenvalue weighted by Gasteiger charge is 2.21. The van der Waals surface area contributed by atoms with Crippen molar-refractivity contribution in [2.24, 2.45) is 5.92 Å². The molecule has 1 aliphatic heterocycles. The molecule has 1 aromatic heterocycles. The Morgan fingerprint density at radius 2 is 2.35 bits per heavy atom. The Morgan fingerprint density at radius 1 is 1.53 bits per heavy atom. The Balaban J connectivity index is 2.08. The van der Waals surface area contributed by atoms with Gasteiger partial charge in [0.25, 0.3) is 0 Å². The van der Waals surface area contributed by atoms with Gasteiger partial charge in [-0.25, -0.2) is 4.98 Å². The first-order chi connectivity index (χ1) is 8.20. The van der Waals surface area contributed by atoms with E-state index in [0.717, 1.165) is 25.6 Å². The maximum Gasteiger partial charge on any atom is 0.205 e. The minimum absolute atomic E-state index is 0.605. The zero-order chi connectivity index (χ0) is 12.3. The molecule has 4 heteroatoms. The standard InChI is InChI=1S/C13H24N4/c1-11(2)9-17-8-6-15-13(17)16-7-4-5-12(10-16)14-3/h6,8,11-12,14H,4-5,7,9-10H2,1-3H3. The number of rotatable bonds is 4. The van der Waals surface area contributed by atoms with Gasteiger partial charge in [0.1, 0.15) is 0 Å². The van der Waals surface area contributed by atoms with E-state index in [-0.39, 0.29) is 0 Å². The summed E-state index contributed by atoms with van der Waals surface area (Å²) in [6.45, 7) is 7.75. The maximum atomic E-state index is 4.52. The Kier molecular flexibility index (Phi) is 4.05. The van der Waals surface area contributed by atoms with Crippen LogP contribution >= 0.6 is 0 Å². The van der Waals surface area contributed by atoms with Crippen molar-refractivity contribution in [3.63, 3.8) is 0 Å². The molecular weight excluding hydrogens is 212 g/mol. The van der Waals surface area contributed by atoms with E-state index >= 15 is 0 Å². The third-order valence-electron chi connectivity index (χ3n) is 3.37. The van der Waals surface area contributed by atoms with Crippen molar-refractivity contribution in [1.29, 1.82) is 0 Å². The molecule has 0 spiro atoms. The van der Waals surface area contributed by atoms with Crippen molar-refractivity contribution in [2.75, 3.05) is 25.0 Å². The van der Waals surface area contributed by atoms with E-state index in [4.69, 9.17) is 0 Å². The molecule has 1 aliphatic rings. The molecule has 2 heterocycles. The van der Waals surface area contributed by atoms with Gasteiger partial charge in [0.15, 0.2) is 0 Å². The van der Waals surface area contributed by atoms with Crippen molar-refractivity contribution in [3.05, 3.63) is 12.4 Å². The number of piperidine rings is 1. The van der Waals surface area contributed by atoms with Crippen LogP contribution in [0.15, 0.2) is 12.4 Å². The fraction of sp³-hybridized carbons (Fsp3) is 0.769. The fourth-order valence-electron chi connectivity index (χ4n) is 2.51. The second-order valence-electron chi connectivity index (χ2n) is 5.35. The number of nitrogens with one attached hydrogen (secondary N) is 1. The zero-order valence-corrected chi connectivity index (χ0v) is 11.2. The van der Waals surface area contributed by atoms with Crippen molar-refractivity contribution in [1.82, 2.24) is 14.9 Å². The predicted octanol–water partition coefficient (Wildman–Crippen LogP) is 1.73. The van der Waals surface area contributed by atoms with Crippen LogP contribution in [0, 0.1) is 5.92 Å². The second-order valence-corrected chi connectivity index (χ2v) is 5.35. The molecule has 1 aromatic rings. The number of nitrogens with zero attached hydrogens (tertiary/aromatic N) is 3. The molecule has 0 bridgehead atoms. The lowest BCUT2D eigenvalue weighted by molar-refractivity contribution is 0.435. The molecule has 2 rings (SSSR count). The summed E-state index contributed by atoms with van der Waals surface area (Å²) in [7, 11) is 2.05. The van der Waals surface area contributed by atoms with Gasteiger partial charge >= 0.3 is 0 Å². The Morgan fingerprint density at radius 3 is 3.06 bits per heavy atom. The third kappa shape index (κ3) is 3.00. The van der Waals surface area contributed by atoms with Crippen molar-refractivity contribution in [2.45, 2.75) is 39.3 Å². The fourth-order valence-corrected chi connectivity index (χ4v) is 2.51. The summed E-state index contributed by atoms with van der Waals surface area (Å²) in [5.74, 6) is 1.80. The quantitative estimate of drug-likeness (QED) is 0.864. The molecule has 0 aromatic carbocycles. The molecule has 17 heavy (non-hydrogen) atoms. The van der Waals surface area contributed by atoms with Gasteiger partial charge < -0.3 is 14.8 Å². The van der Waals surface area contributed by atoms with Gasteiger partial charge in [-0.3, -0.25) is 0 Å². The van der Waals surface area contributed by atoms with Gasteiger partial charge in [0, 0.05) is 38.1 Å². The van der Waals surface area contributed by atoms with Crippen LogP contribution in [-0.2, 0) is 6.54 Å². The molecule has 4 nitrogen and oxygen atoms in total. The number of aromatic nitrogens is 2. The van der Waals surface area contributed by atoms with E-state index < -0.39 is 0 Å². The van der Waals surface area contributed by atoms with Crippen molar-refractivity contribution in [3.8, 4) is 0 Å². The monoisotopic (exact) mass is 236 g/mol. The summed E-state index contributed by atoms with van der Waals surface area (Å²) < 4.78 is 2.28. The second kappa shape index (κ2) is 5.54. The van der Waals surface area contributed by atoms with Gasteiger partial charge in [-0.05, 0) is 25.8 Å². The van der Waals surface area contributed by atoms with Crippen LogP contribution in [-0.4, -0.2) is 35.7 Å². The highest BCUT2D eigenvalue weighted by molar-refractivity contribution is 5.32. The summed E-state index contributed by atoms with van der Waals surface area (Å²) >= 11 is 0. The highest BCUT2D eigenvalue weighted by atomic mass is 15.3. The van der Waals surface area contributed by atoms with E-state index in [0.29, 0.717) is 12.0 Å². The average Bonchev–Trinajstić information content (AvgIpc) is 2.76. The van der Waals surface area contributed by atoms with E-state index in [2.05, 4.69) is 46.9 Å². The smallest absolute Gasteiger partial charge is 0.205 e. The molecule has 0 amide bonds. The van der Waals surface area contributed by atoms with Crippen LogP contribution in [0.2, 0.25) is 0 Å². The highest BCUT2D eigenvalue weighted by Crippen LogP contribution is 2.19. The minimum Gasteiger partial charge on any atom is -0.341 e. The lowest BCUT2D eigenvalue weighted by Crippen LogP contribution is -2.45. The molecule has 1 fully saturated rings. The molecular formula is C13H24N4. The third-order valence-corrected chi connectivity index (χ3v) is 3.37.